The third-order valence-electron chi connectivity index (χ3n) is 5.00. The van der Waals surface area contributed by atoms with Crippen molar-refractivity contribution in [2.45, 2.75) is 27.3 Å². The Morgan fingerprint density at radius 1 is 0.967 bits per heavy atom. The van der Waals surface area contributed by atoms with Gasteiger partial charge in [-0.25, -0.2) is 4.79 Å². The summed E-state index contributed by atoms with van der Waals surface area (Å²) < 4.78 is 0. The fourth-order valence-corrected chi connectivity index (χ4v) is 3.24. The first-order valence-corrected chi connectivity index (χ1v) is 10.2. The zero-order valence-electron chi connectivity index (χ0n) is 17.9. The highest BCUT2D eigenvalue weighted by atomic mass is 16.2. The summed E-state index contributed by atoms with van der Waals surface area (Å²) in [7, 11) is 0. The van der Waals surface area contributed by atoms with Crippen molar-refractivity contribution in [2.75, 3.05) is 18.4 Å². The molecule has 0 spiro atoms. The maximum Gasteiger partial charge on any atom is 0.322 e. The average molecular weight is 403 g/mol. The number of amides is 2. The van der Waals surface area contributed by atoms with Crippen LogP contribution in [0.1, 0.15) is 25.2 Å². The molecule has 3 aromatic rings. The molecule has 1 heterocycles. The number of aromatic nitrogens is 1. The highest BCUT2D eigenvalue weighted by Gasteiger charge is 2.24. The van der Waals surface area contributed by atoms with Crippen molar-refractivity contribution in [3.63, 3.8) is 0 Å². The first kappa shape index (κ1) is 21.5. The maximum atomic E-state index is 13.1. The molecule has 2 amide bonds. The van der Waals surface area contributed by atoms with Crippen LogP contribution < -0.4 is 11.1 Å². The zero-order valence-corrected chi connectivity index (χ0v) is 17.9. The molecule has 0 aliphatic carbocycles. The van der Waals surface area contributed by atoms with Crippen LogP contribution in [-0.2, 0) is 6.54 Å². The van der Waals surface area contributed by atoms with Gasteiger partial charge in [0.2, 0.25) is 0 Å². The number of nitrogens with one attached hydrogen (secondary N) is 1. The Balaban J connectivity index is 1.75. The van der Waals surface area contributed by atoms with E-state index in [9.17, 15) is 4.79 Å². The first-order valence-electron chi connectivity index (χ1n) is 10.2. The molecule has 0 fully saturated rings. The summed E-state index contributed by atoms with van der Waals surface area (Å²) in [6.07, 6.45) is 0. The van der Waals surface area contributed by atoms with Gasteiger partial charge in [-0.05, 0) is 54.3 Å². The SMILES string of the molecule is Cc1cccc(CN(CC(C)(C)CN)C(=O)Nc2ccc(-c3ccccc3)cc2)n1. The number of carbonyl (C=O) groups is 1. The van der Waals surface area contributed by atoms with Crippen molar-refractivity contribution in [3.8, 4) is 11.1 Å². The minimum atomic E-state index is -0.196. The summed E-state index contributed by atoms with van der Waals surface area (Å²) in [4.78, 5) is 19.4. The number of carbonyl (C=O) groups excluding carboxylic acids is 1. The quantitative estimate of drug-likeness (QED) is 0.579. The molecule has 1 aromatic heterocycles. The molecule has 5 nitrogen and oxygen atoms in total. The first-order chi connectivity index (χ1) is 14.4. The molecule has 5 heteroatoms. The summed E-state index contributed by atoms with van der Waals surface area (Å²) in [5.74, 6) is 0. The lowest BCUT2D eigenvalue weighted by Crippen LogP contribution is -2.43. The van der Waals surface area contributed by atoms with Crippen LogP contribution in [0.3, 0.4) is 0 Å². The van der Waals surface area contributed by atoms with Gasteiger partial charge in [0, 0.05) is 17.9 Å². The molecule has 30 heavy (non-hydrogen) atoms. The second-order valence-corrected chi connectivity index (χ2v) is 8.37. The van der Waals surface area contributed by atoms with E-state index in [2.05, 4.69) is 36.3 Å². The third kappa shape index (κ3) is 5.91. The van der Waals surface area contributed by atoms with Gasteiger partial charge in [0.15, 0.2) is 0 Å². The molecule has 0 saturated carbocycles. The highest BCUT2D eigenvalue weighted by molar-refractivity contribution is 5.89. The number of pyridine rings is 1. The molecular weight excluding hydrogens is 372 g/mol. The second-order valence-electron chi connectivity index (χ2n) is 8.37. The van der Waals surface area contributed by atoms with Crippen LogP contribution in [0.4, 0.5) is 10.5 Å². The minimum absolute atomic E-state index is 0.160. The van der Waals surface area contributed by atoms with Crippen molar-refractivity contribution in [1.82, 2.24) is 9.88 Å². The van der Waals surface area contributed by atoms with Crippen LogP contribution >= 0.6 is 0 Å². The molecule has 0 aliphatic rings. The second kappa shape index (κ2) is 9.55. The Labute approximate surface area is 178 Å². The molecule has 0 aliphatic heterocycles. The van der Waals surface area contributed by atoms with Crippen molar-refractivity contribution in [3.05, 3.63) is 84.2 Å². The number of urea groups is 1. The van der Waals surface area contributed by atoms with Crippen molar-refractivity contribution < 1.29 is 4.79 Å². The average Bonchev–Trinajstić information content (AvgIpc) is 2.74. The Kier molecular flexibility index (Phi) is 6.85. The van der Waals surface area contributed by atoms with E-state index < -0.39 is 0 Å². The molecule has 3 rings (SSSR count). The number of nitrogens with zero attached hydrogens (tertiary/aromatic N) is 2. The molecule has 156 valence electrons. The van der Waals surface area contributed by atoms with Crippen LogP contribution in [0.25, 0.3) is 11.1 Å². The van der Waals surface area contributed by atoms with Crippen molar-refractivity contribution >= 4 is 11.7 Å². The number of hydrogen-bond acceptors (Lipinski definition) is 3. The minimum Gasteiger partial charge on any atom is -0.330 e. The molecule has 3 N–H and O–H groups in total. The standard InChI is InChI=1S/C25H30N4O/c1-19-8-7-11-23(27-19)16-29(18-25(2,3)17-26)24(30)28-22-14-12-21(13-15-22)20-9-5-4-6-10-20/h4-15H,16-18,26H2,1-3H3,(H,28,30). The van der Waals surface area contributed by atoms with Gasteiger partial charge in [-0.15, -0.1) is 0 Å². The third-order valence-corrected chi connectivity index (χ3v) is 5.00. The molecular formula is C25H30N4O. The molecule has 2 aromatic carbocycles. The molecule has 0 saturated heterocycles. The van der Waals surface area contributed by atoms with Crippen molar-refractivity contribution in [2.24, 2.45) is 11.1 Å². The molecule has 0 unspecified atom stereocenters. The van der Waals surface area contributed by atoms with Crippen LogP contribution in [0, 0.1) is 12.3 Å². The lowest BCUT2D eigenvalue weighted by Gasteiger charge is -2.31. The number of hydrogen-bond donors (Lipinski definition) is 2. The van der Waals surface area contributed by atoms with E-state index in [-0.39, 0.29) is 11.4 Å². The fraction of sp³-hybridized carbons (Fsp3) is 0.280. The van der Waals surface area contributed by atoms with Crippen LogP contribution in [0.2, 0.25) is 0 Å². The van der Waals surface area contributed by atoms with Gasteiger partial charge >= 0.3 is 6.03 Å². The van der Waals surface area contributed by atoms with Gasteiger partial charge < -0.3 is 16.0 Å². The summed E-state index contributed by atoms with van der Waals surface area (Å²) in [5.41, 5.74) is 10.5. The number of benzene rings is 2. The summed E-state index contributed by atoms with van der Waals surface area (Å²) in [6.45, 7) is 7.53. The predicted octanol–water partition coefficient (Wildman–Crippen LogP) is 5.08. The van der Waals surface area contributed by atoms with E-state index in [1.54, 1.807) is 4.90 Å². The van der Waals surface area contributed by atoms with E-state index in [0.717, 1.165) is 28.2 Å². The largest absolute Gasteiger partial charge is 0.330 e. The summed E-state index contributed by atoms with van der Waals surface area (Å²) >= 11 is 0. The van der Waals surface area contributed by atoms with Crippen molar-refractivity contribution in [1.29, 1.82) is 0 Å². The summed E-state index contributed by atoms with van der Waals surface area (Å²) in [6, 6.07) is 23.7. The smallest absolute Gasteiger partial charge is 0.322 e. The summed E-state index contributed by atoms with van der Waals surface area (Å²) in [5, 5.41) is 3.02. The molecule has 0 atom stereocenters. The van der Waals surface area contributed by atoms with E-state index in [1.165, 1.54) is 0 Å². The number of rotatable bonds is 7. The van der Waals surface area contributed by atoms with Crippen LogP contribution in [-0.4, -0.2) is 29.0 Å². The Morgan fingerprint density at radius 3 is 2.27 bits per heavy atom. The lowest BCUT2D eigenvalue weighted by molar-refractivity contribution is 0.177. The normalized spacial score (nSPS) is 11.2. The van der Waals surface area contributed by atoms with Gasteiger partial charge in [-0.1, -0.05) is 62.4 Å². The highest BCUT2D eigenvalue weighted by Crippen LogP contribution is 2.22. The van der Waals surface area contributed by atoms with Gasteiger partial charge in [-0.2, -0.15) is 0 Å². The Bertz CT molecular complexity index is 968. The molecule has 0 bridgehead atoms. The van der Waals surface area contributed by atoms with Crippen LogP contribution in [0.15, 0.2) is 72.8 Å². The molecule has 0 radical (unpaired) electrons. The van der Waals surface area contributed by atoms with Gasteiger partial charge in [0.05, 0.1) is 12.2 Å². The number of anilines is 1. The fourth-order valence-electron chi connectivity index (χ4n) is 3.24. The topological polar surface area (TPSA) is 71.2 Å². The van der Waals surface area contributed by atoms with E-state index in [4.69, 9.17) is 5.73 Å². The van der Waals surface area contributed by atoms with E-state index in [0.29, 0.717) is 19.6 Å². The lowest BCUT2D eigenvalue weighted by atomic mass is 9.93. The Morgan fingerprint density at radius 2 is 1.63 bits per heavy atom. The monoisotopic (exact) mass is 402 g/mol. The Hall–Kier alpha value is -3.18. The van der Waals surface area contributed by atoms with Gasteiger partial charge in [-0.3, -0.25) is 4.98 Å². The maximum absolute atomic E-state index is 13.1. The van der Waals surface area contributed by atoms with Gasteiger partial charge in [0.25, 0.3) is 0 Å². The van der Waals surface area contributed by atoms with E-state index >= 15 is 0 Å². The van der Waals surface area contributed by atoms with Gasteiger partial charge in [0.1, 0.15) is 0 Å². The number of nitrogens with two attached hydrogens (primary N) is 1. The van der Waals surface area contributed by atoms with E-state index in [1.807, 2.05) is 67.6 Å². The predicted molar refractivity (Wildman–Crippen MR) is 123 cm³/mol. The van der Waals surface area contributed by atoms with Crippen LogP contribution in [0.5, 0.6) is 0 Å². The zero-order chi connectivity index (χ0) is 21.6. The number of aryl methyl sites for hydroxylation is 1.